The molecule has 1 aliphatic heterocycles. The van der Waals surface area contributed by atoms with Crippen LogP contribution in [0.15, 0.2) is 42.1 Å². The fourth-order valence-corrected chi connectivity index (χ4v) is 2.69. The molecule has 0 spiro atoms. The number of benzene rings is 1. The molecule has 24 heavy (non-hydrogen) atoms. The van der Waals surface area contributed by atoms with E-state index < -0.39 is 17.8 Å². The maximum absolute atomic E-state index is 12.7. The van der Waals surface area contributed by atoms with E-state index in [0.29, 0.717) is 5.69 Å². The van der Waals surface area contributed by atoms with Gasteiger partial charge in [0.05, 0.1) is 15.7 Å². The van der Waals surface area contributed by atoms with Crippen LogP contribution in [-0.2, 0) is 16.6 Å². The van der Waals surface area contributed by atoms with Crippen LogP contribution in [0.5, 0.6) is 0 Å². The van der Waals surface area contributed by atoms with Gasteiger partial charge in [-0.05, 0) is 30.3 Å². The van der Waals surface area contributed by atoms with Crippen LogP contribution < -0.4 is 10.2 Å². The Morgan fingerprint density at radius 2 is 1.83 bits per heavy atom. The number of amides is 4. The van der Waals surface area contributed by atoms with E-state index >= 15 is 0 Å². The number of hydrogen-bond acceptors (Lipinski definition) is 3. The van der Waals surface area contributed by atoms with Gasteiger partial charge < -0.3 is 4.57 Å². The van der Waals surface area contributed by atoms with Crippen molar-refractivity contribution in [3.63, 3.8) is 0 Å². The fraction of sp³-hybridized carbons (Fsp3) is 0.0625. The number of nitrogens with zero attached hydrogens (tertiary/aromatic N) is 2. The first-order chi connectivity index (χ1) is 11.4. The number of imide groups is 2. The standard InChI is InChI=1S/C16H11Cl2N3O3/c1-20-7-3-4-9(20)8-10-14(22)19-16(24)21(15(10)23)12-6-2-5-11(17)13(12)18/h2-8H,1H3,(H,19,22,24)/b10-8+. The summed E-state index contributed by atoms with van der Waals surface area (Å²) in [6, 6.07) is 7.20. The molecule has 1 saturated heterocycles. The van der Waals surface area contributed by atoms with Gasteiger partial charge in [0.2, 0.25) is 0 Å². The molecule has 1 aliphatic rings. The summed E-state index contributed by atoms with van der Waals surface area (Å²) in [6.45, 7) is 0. The number of aryl methyl sites for hydroxylation is 1. The van der Waals surface area contributed by atoms with Crippen molar-refractivity contribution in [3.05, 3.63) is 57.8 Å². The third-order valence-electron chi connectivity index (χ3n) is 3.55. The molecule has 0 radical (unpaired) electrons. The van der Waals surface area contributed by atoms with Crippen LogP contribution in [0.4, 0.5) is 10.5 Å². The van der Waals surface area contributed by atoms with Crippen LogP contribution in [0.2, 0.25) is 10.0 Å². The minimum atomic E-state index is -0.877. The zero-order valence-electron chi connectivity index (χ0n) is 12.4. The molecule has 0 atom stereocenters. The van der Waals surface area contributed by atoms with Gasteiger partial charge >= 0.3 is 6.03 Å². The third-order valence-corrected chi connectivity index (χ3v) is 4.36. The quantitative estimate of drug-likeness (QED) is 0.658. The Morgan fingerprint density at radius 1 is 1.08 bits per heavy atom. The zero-order chi connectivity index (χ0) is 17.4. The number of hydrogen-bond donors (Lipinski definition) is 1. The van der Waals surface area contributed by atoms with Gasteiger partial charge in [0.25, 0.3) is 11.8 Å². The highest BCUT2D eigenvalue weighted by Gasteiger charge is 2.38. The smallest absolute Gasteiger partial charge is 0.336 e. The van der Waals surface area contributed by atoms with E-state index in [-0.39, 0.29) is 21.3 Å². The van der Waals surface area contributed by atoms with E-state index in [1.165, 1.54) is 18.2 Å². The number of urea groups is 1. The molecule has 2 aromatic rings. The third kappa shape index (κ3) is 2.70. The van der Waals surface area contributed by atoms with Gasteiger partial charge in [-0.3, -0.25) is 14.9 Å². The molecule has 122 valence electrons. The molecule has 2 heterocycles. The van der Waals surface area contributed by atoms with Gasteiger partial charge in [0.1, 0.15) is 5.57 Å². The van der Waals surface area contributed by atoms with Crippen molar-refractivity contribution in [1.82, 2.24) is 9.88 Å². The number of nitrogens with one attached hydrogen (secondary N) is 1. The molecule has 4 amide bonds. The largest absolute Gasteiger partial charge is 0.351 e. The minimum Gasteiger partial charge on any atom is -0.351 e. The summed E-state index contributed by atoms with van der Waals surface area (Å²) < 4.78 is 1.74. The summed E-state index contributed by atoms with van der Waals surface area (Å²) >= 11 is 12.0. The van der Waals surface area contributed by atoms with Crippen molar-refractivity contribution in [2.24, 2.45) is 7.05 Å². The summed E-state index contributed by atoms with van der Waals surface area (Å²) in [7, 11) is 1.77. The second-order valence-electron chi connectivity index (χ2n) is 5.07. The highest BCUT2D eigenvalue weighted by molar-refractivity contribution is 6.46. The maximum atomic E-state index is 12.7. The molecule has 1 fully saturated rings. The summed E-state index contributed by atoms with van der Waals surface area (Å²) in [5.74, 6) is -1.53. The van der Waals surface area contributed by atoms with Gasteiger partial charge in [-0.1, -0.05) is 29.3 Å². The summed E-state index contributed by atoms with van der Waals surface area (Å²) in [5, 5.41) is 2.38. The van der Waals surface area contributed by atoms with E-state index in [9.17, 15) is 14.4 Å². The maximum Gasteiger partial charge on any atom is 0.336 e. The number of anilines is 1. The second-order valence-corrected chi connectivity index (χ2v) is 5.86. The lowest BCUT2D eigenvalue weighted by Gasteiger charge is -2.27. The Morgan fingerprint density at radius 3 is 2.50 bits per heavy atom. The van der Waals surface area contributed by atoms with E-state index in [4.69, 9.17) is 23.2 Å². The first kappa shape index (κ1) is 16.3. The molecule has 0 unspecified atom stereocenters. The lowest BCUT2D eigenvalue weighted by molar-refractivity contribution is -0.122. The Kier molecular flexibility index (Phi) is 4.17. The van der Waals surface area contributed by atoms with Crippen molar-refractivity contribution in [2.45, 2.75) is 0 Å². The lowest BCUT2D eigenvalue weighted by atomic mass is 10.1. The van der Waals surface area contributed by atoms with Gasteiger partial charge in [-0.25, -0.2) is 9.69 Å². The van der Waals surface area contributed by atoms with E-state index in [1.807, 2.05) is 0 Å². The number of carbonyl (C=O) groups excluding carboxylic acids is 3. The van der Waals surface area contributed by atoms with Crippen molar-refractivity contribution in [1.29, 1.82) is 0 Å². The average molecular weight is 364 g/mol. The van der Waals surface area contributed by atoms with Crippen LogP contribution >= 0.6 is 23.2 Å². The minimum absolute atomic E-state index is 0.0511. The molecule has 0 aliphatic carbocycles. The normalized spacial score (nSPS) is 16.7. The SMILES string of the molecule is Cn1cccc1/C=C1\C(=O)NC(=O)N(c2cccc(Cl)c2Cl)C1=O. The van der Waals surface area contributed by atoms with E-state index in [1.54, 1.807) is 36.0 Å². The van der Waals surface area contributed by atoms with Gasteiger partial charge in [-0.2, -0.15) is 0 Å². The zero-order valence-corrected chi connectivity index (χ0v) is 13.9. The molecule has 1 aromatic heterocycles. The Labute approximate surface area is 147 Å². The fourth-order valence-electron chi connectivity index (χ4n) is 2.31. The Balaban J connectivity index is 2.09. The van der Waals surface area contributed by atoms with Crippen molar-refractivity contribution in [2.75, 3.05) is 4.90 Å². The van der Waals surface area contributed by atoms with Crippen LogP contribution in [-0.4, -0.2) is 22.4 Å². The number of aromatic nitrogens is 1. The van der Waals surface area contributed by atoms with Crippen LogP contribution in [0.3, 0.4) is 0 Å². The Hall–Kier alpha value is -2.57. The van der Waals surface area contributed by atoms with Gasteiger partial charge in [0, 0.05) is 18.9 Å². The molecule has 1 aromatic carbocycles. The molecule has 0 saturated carbocycles. The molecule has 0 bridgehead atoms. The number of barbiturate groups is 1. The average Bonchev–Trinajstić information content (AvgIpc) is 2.93. The first-order valence-electron chi connectivity index (χ1n) is 6.87. The van der Waals surface area contributed by atoms with Crippen LogP contribution in [0.1, 0.15) is 5.69 Å². The number of halogens is 2. The molecule has 1 N–H and O–H groups in total. The number of carbonyl (C=O) groups is 3. The monoisotopic (exact) mass is 363 g/mol. The van der Waals surface area contributed by atoms with Crippen molar-refractivity contribution in [3.8, 4) is 0 Å². The second kappa shape index (κ2) is 6.14. The van der Waals surface area contributed by atoms with Crippen molar-refractivity contribution >= 4 is 52.8 Å². The molecular formula is C16H11Cl2N3O3. The predicted octanol–water partition coefficient (Wildman–Crippen LogP) is 3.00. The molecular weight excluding hydrogens is 353 g/mol. The molecule has 8 heteroatoms. The van der Waals surface area contributed by atoms with Gasteiger partial charge in [0.15, 0.2) is 0 Å². The van der Waals surface area contributed by atoms with Crippen molar-refractivity contribution < 1.29 is 14.4 Å². The first-order valence-corrected chi connectivity index (χ1v) is 7.62. The number of rotatable bonds is 2. The van der Waals surface area contributed by atoms with E-state index in [2.05, 4.69) is 5.32 Å². The van der Waals surface area contributed by atoms with Gasteiger partial charge in [-0.15, -0.1) is 0 Å². The Bertz CT molecular complexity index is 902. The summed E-state index contributed by atoms with van der Waals surface area (Å²) in [5.41, 5.74) is 0.573. The summed E-state index contributed by atoms with van der Waals surface area (Å²) in [4.78, 5) is 37.7. The van der Waals surface area contributed by atoms with E-state index in [0.717, 1.165) is 4.90 Å². The summed E-state index contributed by atoms with van der Waals surface area (Å²) in [6.07, 6.45) is 3.18. The van der Waals surface area contributed by atoms with Crippen LogP contribution in [0, 0.1) is 0 Å². The topological polar surface area (TPSA) is 71.4 Å². The highest BCUT2D eigenvalue weighted by atomic mass is 35.5. The highest BCUT2D eigenvalue weighted by Crippen LogP contribution is 2.34. The predicted molar refractivity (Wildman–Crippen MR) is 90.9 cm³/mol. The van der Waals surface area contributed by atoms with Crippen LogP contribution in [0.25, 0.3) is 6.08 Å². The molecule has 6 nitrogen and oxygen atoms in total. The molecule has 3 rings (SSSR count). The lowest BCUT2D eigenvalue weighted by Crippen LogP contribution is -2.54.